The Hall–Kier alpha value is -3.25. The molecule has 0 unspecified atom stereocenters. The van der Waals surface area contributed by atoms with E-state index in [9.17, 15) is 15.3 Å². The Bertz CT molecular complexity index is 1350. The normalized spacial score (nSPS) is 15.7. The number of aliphatic hydroxyl groups is 3. The summed E-state index contributed by atoms with van der Waals surface area (Å²) in [6.07, 6.45) is 2.03. The number of fused-ring (bicyclic) bond motifs is 2. The molecular weight excluding hydrogens is 412 g/mol. The highest BCUT2D eigenvalue weighted by Crippen LogP contribution is 2.40. The number of nitrogens with zero attached hydrogens (tertiary/aromatic N) is 2. The number of aryl methyl sites for hydroxylation is 1. The summed E-state index contributed by atoms with van der Waals surface area (Å²) in [7, 11) is 0. The first kappa shape index (κ1) is 21.6. The third kappa shape index (κ3) is 3.68. The maximum atomic E-state index is 10.5. The molecule has 5 nitrogen and oxygen atoms in total. The molecule has 1 aromatic heterocycles. The van der Waals surface area contributed by atoms with E-state index in [1.165, 1.54) is 11.1 Å². The van der Waals surface area contributed by atoms with Gasteiger partial charge in [-0.3, -0.25) is 0 Å². The van der Waals surface area contributed by atoms with Gasteiger partial charge in [0.2, 0.25) is 0 Å². The summed E-state index contributed by atoms with van der Waals surface area (Å²) in [6.45, 7) is 4.69. The number of benzene rings is 3. The van der Waals surface area contributed by atoms with Crippen molar-refractivity contribution in [1.29, 1.82) is 0 Å². The number of aliphatic hydroxyl groups excluding tert-OH is 3. The molecule has 0 fully saturated rings. The standard InChI is InChI=1S/C28H28N2O3/c1-17-11-20-12-21(15-31)22(16-32)13-24(20)28(18(17)2)19-7-9-29-27(14-19)30-10-8-26(33)23-5-3-4-6-25(23)30/h3-7,9,11-14,26,31-33H,8,10,15-16H2,1-2H3/t26-/m0/s1. The van der Waals surface area contributed by atoms with Gasteiger partial charge in [0.05, 0.1) is 19.3 Å². The fourth-order valence-corrected chi connectivity index (χ4v) is 4.95. The van der Waals surface area contributed by atoms with Crippen LogP contribution in [-0.4, -0.2) is 26.8 Å². The highest BCUT2D eigenvalue weighted by molar-refractivity contribution is 6.00. The van der Waals surface area contributed by atoms with Crippen molar-refractivity contribution in [2.24, 2.45) is 0 Å². The number of hydrogen-bond acceptors (Lipinski definition) is 5. The molecule has 168 valence electrons. The van der Waals surface area contributed by atoms with E-state index in [0.29, 0.717) is 13.0 Å². The van der Waals surface area contributed by atoms with Crippen LogP contribution in [0.5, 0.6) is 0 Å². The molecule has 1 aliphatic heterocycles. The van der Waals surface area contributed by atoms with Crippen molar-refractivity contribution in [3.8, 4) is 11.1 Å². The maximum absolute atomic E-state index is 10.5. The molecule has 0 saturated heterocycles. The molecule has 4 aromatic rings. The van der Waals surface area contributed by atoms with Crippen molar-refractivity contribution in [1.82, 2.24) is 4.98 Å². The van der Waals surface area contributed by atoms with Crippen molar-refractivity contribution in [3.05, 3.63) is 88.6 Å². The fourth-order valence-electron chi connectivity index (χ4n) is 4.95. The molecule has 0 aliphatic carbocycles. The molecule has 1 aliphatic rings. The Morgan fingerprint density at radius 1 is 0.970 bits per heavy atom. The molecule has 2 heterocycles. The van der Waals surface area contributed by atoms with Crippen molar-refractivity contribution in [3.63, 3.8) is 0 Å². The van der Waals surface area contributed by atoms with E-state index in [4.69, 9.17) is 0 Å². The van der Waals surface area contributed by atoms with E-state index in [0.717, 1.165) is 50.1 Å². The summed E-state index contributed by atoms with van der Waals surface area (Å²) in [5, 5.41) is 32.2. The lowest BCUT2D eigenvalue weighted by Gasteiger charge is -2.33. The molecule has 5 heteroatoms. The third-order valence-corrected chi connectivity index (χ3v) is 6.84. The van der Waals surface area contributed by atoms with Gasteiger partial charge >= 0.3 is 0 Å². The molecule has 33 heavy (non-hydrogen) atoms. The van der Waals surface area contributed by atoms with Crippen LogP contribution in [0.1, 0.15) is 40.3 Å². The first-order chi connectivity index (χ1) is 16.0. The molecule has 0 bridgehead atoms. The lowest BCUT2D eigenvalue weighted by molar-refractivity contribution is 0.165. The van der Waals surface area contributed by atoms with E-state index >= 15 is 0 Å². The average Bonchev–Trinajstić information content (AvgIpc) is 2.84. The van der Waals surface area contributed by atoms with Crippen LogP contribution in [0.15, 0.2) is 60.8 Å². The van der Waals surface area contributed by atoms with Crippen LogP contribution in [0.2, 0.25) is 0 Å². The molecule has 0 saturated carbocycles. The fraction of sp³-hybridized carbons (Fsp3) is 0.250. The first-order valence-electron chi connectivity index (χ1n) is 11.3. The molecular formula is C28H28N2O3. The van der Waals surface area contributed by atoms with E-state index < -0.39 is 6.10 Å². The molecule has 0 amide bonds. The second-order valence-corrected chi connectivity index (χ2v) is 8.77. The Labute approximate surface area is 193 Å². The van der Waals surface area contributed by atoms with Crippen LogP contribution in [0.4, 0.5) is 11.5 Å². The SMILES string of the molecule is Cc1cc2cc(CO)c(CO)cc2c(-c2ccnc(N3CC[C@H](O)c4ccccc43)c2)c1C. The Morgan fingerprint density at radius 3 is 2.52 bits per heavy atom. The molecule has 3 N–H and O–H groups in total. The Balaban J connectivity index is 1.69. The Morgan fingerprint density at radius 2 is 1.73 bits per heavy atom. The zero-order valence-corrected chi connectivity index (χ0v) is 18.9. The van der Waals surface area contributed by atoms with Gasteiger partial charge in [0.15, 0.2) is 0 Å². The second-order valence-electron chi connectivity index (χ2n) is 8.77. The van der Waals surface area contributed by atoms with Crippen LogP contribution < -0.4 is 4.90 Å². The van der Waals surface area contributed by atoms with Crippen LogP contribution >= 0.6 is 0 Å². The first-order valence-corrected chi connectivity index (χ1v) is 11.3. The van der Waals surface area contributed by atoms with Gasteiger partial charge < -0.3 is 20.2 Å². The minimum Gasteiger partial charge on any atom is -0.392 e. The minimum atomic E-state index is -0.457. The lowest BCUT2D eigenvalue weighted by Crippen LogP contribution is -2.27. The van der Waals surface area contributed by atoms with Gasteiger partial charge in [-0.05, 0) is 94.8 Å². The van der Waals surface area contributed by atoms with Crippen LogP contribution in [-0.2, 0) is 13.2 Å². The third-order valence-electron chi connectivity index (χ3n) is 6.84. The largest absolute Gasteiger partial charge is 0.392 e. The van der Waals surface area contributed by atoms with Gasteiger partial charge in [-0.2, -0.15) is 0 Å². The van der Waals surface area contributed by atoms with Crippen molar-refractivity contribution in [2.45, 2.75) is 39.6 Å². The zero-order valence-electron chi connectivity index (χ0n) is 18.9. The van der Waals surface area contributed by atoms with E-state index in [2.05, 4.69) is 35.9 Å². The summed E-state index contributed by atoms with van der Waals surface area (Å²) in [5.74, 6) is 0.843. The summed E-state index contributed by atoms with van der Waals surface area (Å²) in [5.41, 5.74) is 7.91. The number of aromatic nitrogens is 1. The number of rotatable bonds is 4. The van der Waals surface area contributed by atoms with E-state index in [1.807, 2.05) is 48.7 Å². The van der Waals surface area contributed by atoms with Crippen molar-refractivity contribution in [2.75, 3.05) is 11.4 Å². The molecule has 5 rings (SSSR count). The maximum Gasteiger partial charge on any atom is 0.133 e. The number of pyridine rings is 1. The predicted octanol–water partition coefficient (Wildman–Crippen LogP) is 5.08. The van der Waals surface area contributed by atoms with Gasteiger partial charge in [-0.25, -0.2) is 4.98 Å². The minimum absolute atomic E-state index is 0.103. The molecule has 3 aromatic carbocycles. The lowest BCUT2D eigenvalue weighted by atomic mass is 9.89. The van der Waals surface area contributed by atoms with Crippen molar-refractivity contribution >= 4 is 22.3 Å². The molecule has 0 spiro atoms. The Kier molecular flexibility index (Phi) is 5.62. The summed E-state index contributed by atoms with van der Waals surface area (Å²) in [6, 6.07) is 18.2. The van der Waals surface area contributed by atoms with E-state index in [-0.39, 0.29) is 13.2 Å². The summed E-state index contributed by atoms with van der Waals surface area (Å²) in [4.78, 5) is 6.85. The van der Waals surface area contributed by atoms with E-state index in [1.54, 1.807) is 0 Å². The molecule has 1 atom stereocenters. The van der Waals surface area contributed by atoms with Crippen LogP contribution in [0.25, 0.3) is 21.9 Å². The van der Waals surface area contributed by atoms with Gasteiger partial charge in [-0.15, -0.1) is 0 Å². The summed E-state index contributed by atoms with van der Waals surface area (Å²) >= 11 is 0. The molecule has 0 radical (unpaired) electrons. The van der Waals surface area contributed by atoms with Gasteiger partial charge in [0, 0.05) is 24.0 Å². The monoisotopic (exact) mass is 440 g/mol. The number of anilines is 2. The highest BCUT2D eigenvalue weighted by atomic mass is 16.3. The summed E-state index contributed by atoms with van der Waals surface area (Å²) < 4.78 is 0. The predicted molar refractivity (Wildman–Crippen MR) is 132 cm³/mol. The smallest absolute Gasteiger partial charge is 0.133 e. The average molecular weight is 441 g/mol. The highest BCUT2D eigenvalue weighted by Gasteiger charge is 2.25. The number of hydrogen-bond donors (Lipinski definition) is 3. The van der Waals surface area contributed by atoms with Crippen LogP contribution in [0, 0.1) is 13.8 Å². The topological polar surface area (TPSA) is 76.8 Å². The van der Waals surface area contributed by atoms with Gasteiger partial charge in [0.25, 0.3) is 0 Å². The van der Waals surface area contributed by atoms with Crippen molar-refractivity contribution < 1.29 is 15.3 Å². The van der Waals surface area contributed by atoms with Gasteiger partial charge in [0.1, 0.15) is 5.82 Å². The van der Waals surface area contributed by atoms with Gasteiger partial charge in [-0.1, -0.05) is 24.3 Å². The number of para-hydroxylation sites is 1. The van der Waals surface area contributed by atoms with Crippen LogP contribution in [0.3, 0.4) is 0 Å². The quantitative estimate of drug-likeness (QED) is 0.413. The zero-order chi connectivity index (χ0) is 23.1. The second kappa shape index (κ2) is 8.60.